The second-order valence-corrected chi connectivity index (χ2v) is 9.24. The van der Waals surface area contributed by atoms with E-state index >= 15 is 0 Å². The minimum atomic E-state index is 0.0534. The van der Waals surface area contributed by atoms with Crippen molar-refractivity contribution in [2.24, 2.45) is 0 Å². The summed E-state index contributed by atoms with van der Waals surface area (Å²) in [7, 11) is 0. The Balaban J connectivity index is 1.68. The molecule has 0 spiro atoms. The van der Waals surface area contributed by atoms with E-state index in [1.165, 1.54) is 53.9 Å². The molecule has 0 radical (unpaired) electrons. The third-order valence-corrected chi connectivity index (χ3v) is 7.50. The average molecular weight is 431 g/mol. The zero-order chi connectivity index (χ0) is 21.5. The van der Waals surface area contributed by atoms with E-state index in [4.69, 9.17) is 17.2 Å². The van der Waals surface area contributed by atoms with Gasteiger partial charge in [0, 0.05) is 34.9 Å². The second kappa shape index (κ2) is 8.12. The zero-order valence-electron chi connectivity index (χ0n) is 18.5. The first-order valence-electron chi connectivity index (χ1n) is 11.3. The lowest BCUT2D eigenvalue weighted by atomic mass is 9.92. The van der Waals surface area contributed by atoms with Gasteiger partial charge < -0.3 is 14.8 Å². The van der Waals surface area contributed by atoms with Crippen LogP contribution in [0.3, 0.4) is 0 Å². The fourth-order valence-electron chi connectivity index (χ4n) is 5.66. The van der Waals surface area contributed by atoms with Gasteiger partial charge in [0.1, 0.15) is 0 Å². The molecule has 1 aromatic carbocycles. The van der Waals surface area contributed by atoms with E-state index in [1.807, 2.05) is 12.3 Å². The summed E-state index contributed by atoms with van der Waals surface area (Å²) in [5, 5.41) is 4.53. The molecule has 2 aliphatic rings. The molecule has 1 aliphatic carbocycles. The van der Waals surface area contributed by atoms with E-state index in [2.05, 4.69) is 78.0 Å². The fraction of sp³-hybridized carbons (Fsp3) is 0.385. The number of nitrogens with zero attached hydrogens (tertiary/aromatic N) is 3. The topological polar surface area (TPSA) is 33.1 Å². The Morgan fingerprint density at radius 1 is 0.935 bits per heavy atom. The molecule has 5 rings (SSSR count). The lowest BCUT2D eigenvalue weighted by molar-refractivity contribution is 0.244. The van der Waals surface area contributed by atoms with Crippen molar-refractivity contribution >= 4 is 17.3 Å². The zero-order valence-corrected chi connectivity index (χ0v) is 19.3. The van der Waals surface area contributed by atoms with Gasteiger partial charge in [0.05, 0.1) is 17.8 Å². The summed E-state index contributed by atoms with van der Waals surface area (Å²) in [4.78, 5) is 7.23. The molecule has 1 saturated carbocycles. The van der Waals surface area contributed by atoms with Crippen LogP contribution in [0.4, 0.5) is 0 Å². The summed E-state index contributed by atoms with van der Waals surface area (Å²) < 4.78 is 2.40. The molecule has 0 bridgehead atoms. The highest BCUT2D eigenvalue weighted by Crippen LogP contribution is 2.46. The SMILES string of the molecule is Cc1c([C@H]2[C@H](c3ccccn3)NC(=S)N2C2CCCC2)c(C)n(-c2ccccc2)c1C. The molecular formula is C26H30N4S. The van der Waals surface area contributed by atoms with Crippen molar-refractivity contribution in [3.63, 3.8) is 0 Å². The van der Waals surface area contributed by atoms with Crippen molar-refractivity contribution in [2.75, 3.05) is 0 Å². The number of pyridine rings is 1. The molecular weight excluding hydrogens is 400 g/mol. The maximum atomic E-state index is 5.93. The molecule has 0 amide bonds. The Morgan fingerprint density at radius 2 is 1.65 bits per heavy atom. The van der Waals surface area contributed by atoms with E-state index in [0.29, 0.717) is 6.04 Å². The van der Waals surface area contributed by atoms with Gasteiger partial charge in [-0.25, -0.2) is 0 Å². The molecule has 2 atom stereocenters. The highest BCUT2D eigenvalue weighted by atomic mass is 32.1. The number of aromatic nitrogens is 2. The predicted molar refractivity (Wildman–Crippen MR) is 130 cm³/mol. The Kier molecular flexibility index (Phi) is 5.30. The Labute approximate surface area is 190 Å². The molecule has 4 nitrogen and oxygen atoms in total. The summed E-state index contributed by atoms with van der Waals surface area (Å²) in [5.41, 5.74) is 7.59. The predicted octanol–water partition coefficient (Wildman–Crippen LogP) is 5.71. The number of para-hydroxylation sites is 1. The van der Waals surface area contributed by atoms with Crippen molar-refractivity contribution < 1.29 is 0 Å². The van der Waals surface area contributed by atoms with Crippen LogP contribution in [0.15, 0.2) is 54.7 Å². The molecule has 3 aromatic rings. The van der Waals surface area contributed by atoms with Gasteiger partial charge in [-0.05, 0) is 75.7 Å². The van der Waals surface area contributed by atoms with Crippen LogP contribution in [0, 0.1) is 20.8 Å². The van der Waals surface area contributed by atoms with Crippen LogP contribution < -0.4 is 5.32 Å². The molecule has 0 unspecified atom stereocenters. The standard InChI is InChI=1S/C26H30N4S/c1-17-18(2)29(20-11-5-4-6-12-20)19(3)23(17)25-24(22-15-9-10-16-27-22)28-26(31)30(25)21-13-7-8-14-21/h4-6,9-12,15-16,21,24-25H,7-8,13-14H2,1-3H3,(H,28,31)/t24-,25-/m0/s1. The van der Waals surface area contributed by atoms with E-state index in [9.17, 15) is 0 Å². The van der Waals surface area contributed by atoms with Gasteiger partial charge in [-0.3, -0.25) is 4.98 Å². The molecule has 31 heavy (non-hydrogen) atoms. The van der Waals surface area contributed by atoms with Crippen LogP contribution in [0.2, 0.25) is 0 Å². The van der Waals surface area contributed by atoms with Gasteiger partial charge in [0.15, 0.2) is 5.11 Å². The van der Waals surface area contributed by atoms with Crippen LogP contribution >= 0.6 is 12.2 Å². The van der Waals surface area contributed by atoms with E-state index in [-0.39, 0.29) is 12.1 Å². The number of hydrogen-bond donors (Lipinski definition) is 1. The second-order valence-electron chi connectivity index (χ2n) is 8.85. The third-order valence-electron chi connectivity index (χ3n) is 7.17. The van der Waals surface area contributed by atoms with Crippen LogP contribution in [-0.2, 0) is 0 Å². The van der Waals surface area contributed by atoms with Gasteiger partial charge in [0.25, 0.3) is 0 Å². The first-order valence-corrected chi connectivity index (χ1v) is 11.7. The van der Waals surface area contributed by atoms with Crippen molar-refractivity contribution in [3.05, 3.63) is 82.9 Å². The van der Waals surface area contributed by atoms with Crippen LogP contribution in [0.1, 0.15) is 66.0 Å². The fourth-order valence-corrected chi connectivity index (χ4v) is 6.05. The Morgan fingerprint density at radius 3 is 2.32 bits per heavy atom. The van der Waals surface area contributed by atoms with Crippen molar-refractivity contribution in [3.8, 4) is 5.69 Å². The number of rotatable bonds is 4. The van der Waals surface area contributed by atoms with Gasteiger partial charge in [-0.2, -0.15) is 0 Å². The van der Waals surface area contributed by atoms with E-state index in [1.54, 1.807) is 0 Å². The van der Waals surface area contributed by atoms with E-state index < -0.39 is 0 Å². The van der Waals surface area contributed by atoms with Crippen molar-refractivity contribution in [1.29, 1.82) is 0 Å². The van der Waals surface area contributed by atoms with Crippen LogP contribution in [-0.4, -0.2) is 25.6 Å². The van der Waals surface area contributed by atoms with Crippen molar-refractivity contribution in [2.45, 2.75) is 64.6 Å². The first kappa shape index (κ1) is 20.3. The molecule has 2 fully saturated rings. The summed E-state index contributed by atoms with van der Waals surface area (Å²) in [6, 6.07) is 17.5. The highest BCUT2D eigenvalue weighted by molar-refractivity contribution is 7.80. The van der Waals surface area contributed by atoms with Gasteiger partial charge >= 0.3 is 0 Å². The number of thiocarbonyl (C=S) groups is 1. The van der Waals surface area contributed by atoms with Gasteiger partial charge in [0.2, 0.25) is 0 Å². The Bertz CT molecular complexity index is 1080. The summed E-state index contributed by atoms with van der Waals surface area (Å²) in [5.74, 6) is 0. The summed E-state index contributed by atoms with van der Waals surface area (Å²) in [6.07, 6.45) is 6.88. The summed E-state index contributed by atoms with van der Waals surface area (Å²) in [6.45, 7) is 6.75. The van der Waals surface area contributed by atoms with Crippen molar-refractivity contribution in [1.82, 2.24) is 19.8 Å². The normalized spacial score (nSPS) is 21.6. The van der Waals surface area contributed by atoms with Crippen LogP contribution in [0.25, 0.3) is 5.69 Å². The number of nitrogens with one attached hydrogen (secondary N) is 1. The monoisotopic (exact) mass is 430 g/mol. The minimum Gasteiger partial charge on any atom is -0.352 e. The molecule has 1 N–H and O–H groups in total. The molecule has 5 heteroatoms. The first-order chi connectivity index (χ1) is 15.1. The Hall–Kier alpha value is -2.66. The largest absolute Gasteiger partial charge is 0.352 e. The number of benzene rings is 1. The summed E-state index contributed by atoms with van der Waals surface area (Å²) >= 11 is 5.93. The molecule has 160 valence electrons. The third kappa shape index (κ3) is 3.35. The molecule has 1 aliphatic heterocycles. The lowest BCUT2D eigenvalue weighted by Crippen LogP contribution is -2.38. The lowest BCUT2D eigenvalue weighted by Gasteiger charge is -2.33. The highest BCUT2D eigenvalue weighted by Gasteiger charge is 2.45. The quantitative estimate of drug-likeness (QED) is 0.537. The van der Waals surface area contributed by atoms with Gasteiger partial charge in [-0.1, -0.05) is 37.1 Å². The van der Waals surface area contributed by atoms with Gasteiger partial charge in [-0.15, -0.1) is 0 Å². The number of hydrogen-bond acceptors (Lipinski definition) is 2. The maximum Gasteiger partial charge on any atom is 0.170 e. The maximum absolute atomic E-state index is 5.93. The smallest absolute Gasteiger partial charge is 0.170 e. The molecule has 2 aromatic heterocycles. The average Bonchev–Trinajstić information content (AvgIpc) is 3.48. The molecule has 3 heterocycles. The molecule has 1 saturated heterocycles. The van der Waals surface area contributed by atoms with E-state index in [0.717, 1.165) is 10.8 Å². The minimum absolute atomic E-state index is 0.0534. The van der Waals surface area contributed by atoms with Crippen LogP contribution in [0.5, 0.6) is 0 Å².